The summed E-state index contributed by atoms with van der Waals surface area (Å²) >= 11 is 7.45. The topological polar surface area (TPSA) is 28.2 Å². The highest BCUT2D eigenvalue weighted by atomic mass is 35.5. The molecular formula is C12H18ClN3S. The highest BCUT2D eigenvalue weighted by Gasteiger charge is 2.31. The van der Waals surface area contributed by atoms with Crippen LogP contribution in [0.4, 0.5) is 0 Å². The van der Waals surface area contributed by atoms with E-state index in [-0.39, 0.29) is 0 Å². The smallest absolute Gasteiger partial charge is 0.113 e. The van der Waals surface area contributed by atoms with E-state index in [1.54, 1.807) is 17.5 Å². The minimum atomic E-state index is 0.664. The molecule has 3 rings (SSSR count). The van der Waals surface area contributed by atoms with Crippen molar-refractivity contribution in [3.8, 4) is 0 Å². The number of nitrogens with zero attached hydrogens (tertiary/aromatic N) is 2. The number of piperidine rings is 1. The van der Waals surface area contributed by atoms with Gasteiger partial charge in [-0.2, -0.15) is 0 Å². The molecule has 2 unspecified atom stereocenters. The summed E-state index contributed by atoms with van der Waals surface area (Å²) in [7, 11) is 0. The normalized spacial score (nSPS) is 29.5. The van der Waals surface area contributed by atoms with E-state index in [1.165, 1.54) is 38.8 Å². The van der Waals surface area contributed by atoms with Crippen LogP contribution in [0.2, 0.25) is 4.34 Å². The highest BCUT2D eigenvalue weighted by Crippen LogP contribution is 2.27. The van der Waals surface area contributed by atoms with Crippen molar-refractivity contribution in [1.29, 1.82) is 0 Å². The Bertz CT molecular complexity index is 382. The Balaban J connectivity index is 1.49. The van der Waals surface area contributed by atoms with Crippen LogP contribution in [0.15, 0.2) is 6.20 Å². The zero-order chi connectivity index (χ0) is 11.7. The van der Waals surface area contributed by atoms with E-state index in [0.29, 0.717) is 6.04 Å². The molecule has 0 amide bonds. The van der Waals surface area contributed by atoms with Crippen LogP contribution in [0.25, 0.3) is 0 Å². The number of aromatic nitrogens is 1. The lowest BCUT2D eigenvalue weighted by Gasteiger charge is -2.35. The molecule has 0 spiro atoms. The van der Waals surface area contributed by atoms with Crippen LogP contribution in [0.1, 0.15) is 30.7 Å². The van der Waals surface area contributed by atoms with Crippen LogP contribution in [0, 0.1) is 0 Å². The van der Waals surface area contributed by atoms with E-state index in [2.05, 4.69) is 15.2 Å². The molecule has 5 heteroatoms. The summed E-state index contributed by atoms with van der Waals surface area (Å²) in [6.07, 6.45) is 7.10. The minimum absolute atomic E-state index is 0.664. The third-order valence-corrected chi connectivity index (χ3v) is 5.00. The fourth-order valence-electron chi connectivity index (χ4n) is 3.01. The second-order valence-corrected chi connectivity index (χ2v) is 6.74. The van der Waals surface area contributed by atoms with E-state index >= 15 is 0 Å². The van der Waals surface area contributed by atoms with Gasteiger partial charge in [0.15, 0.2) is 0 Å². The Morgan fingerprint density at radius 1 is 1.47 bits per heavy atom. The molecule has 2 saturated heterocycles. The van der Waals surface area contributed by atoms with Crippen molar-refractivity contribution in [3.63, 3.8) is 0 Å². The van der Waals surface area contributed by atoms with Gasteiger partial charge in [0.2, 0.25) is 0 Å². The molecule has 17 heavy (non-hydrogen) atoms. The monoisotopic (exact) mass is 271 g/mol. The van der Waals surface area contributed by atoms with Crippen molar-refractivity contribution in [2.24, 2.45) is 0 Å². The van der Waals surface area contributed by atoms with Crippen molar-refractivity contribution in [3.05, 3.63) is 15.5 Å². The summed E-state index contributed by atoms with van der Waals surface area (Å²) in [4.78, 5) is 6.93. The Morgan fingerprint density at radius 2 is 2.41 bits per heavy atom. The first-order valence-corrected chi connectivity index (χ1v) is 7.58. The fraction of sp³-hybridized carbons (Fsp3) is 0.750. The van der Waals surface area contributed by atoms with E-state index in [9.17, 15) is 0 Å². The lowest BCUT2D eigenvalue weighted by Crippen LogP contribution is -2.45. The fourth-order valence-corrected chi connectivity index (χ4v) is 3.92. The molecule has 2 aliphatic heterocycles. The van der Waals surface area contributed by atoms with E-state index < -0.39 is 0 Å². The van der Waals surface area contributed by atoms with Crippen molar-refractivity contribution in [2.45, 2.75) is 44.3 Å². The molecule has 2 aliphatic rings. The van der Waals surface area contributed by atoms with Crippen LogP contribution in [0.3, 0.4) is 0 Å². The van der Waals surface area contributed by atoms with Gasteiger partial charge < -0.3 is 10.2 Å². The Labute approximate surface area is 111 Å². The van der Waals surface area contributed by atoms with E-state index in [0.717, 1.165) is 21.9 Å². The third kappa shape index (κ3) is 2.81. The number of nitrogens with one attached hydrogen (secondary N) is 1. The van der Waals surface area contributed by atoms with Gasteiger partial charge in [-0.15, -0.1) is 11.3 Å². The number of halogens is 1. The first kappa shape index (κ1) is 11.9. The lowest BCUT2D eigenvalue weighted by molar-refractivity contribution is 0.166. The quantitative estimate of drug-likeness (QED) is 0.916. The van der Waals surface area contributed by atoms with Crippen molar-refractivity contribution in [1.82, 2.24) is 15.2 Å². The lowest BCUT2D eigenvalue weighted by atomic mass is 9.98. The molecule has 3 nitrogen and oxygen atoms in total. The molecule has 0 aromatic carbocycles. The summed E-state index contributed by atoms with van der Waals surface area (Å²) < 4.78 is 0.785. The molecule has 2 fully saturated rings. The number of hydrogen-bond donors (Lipinski definition) is 1. The van der Waals surface area contributed by atoms with Gasteiger partial charge in [-0.3, -0.25) is 0 Å². The molecule has 0 bridgehead atoms. The summed E-state index contributed by atoms with van der Waals surface area (Å²) in [5.74, 6) is 0. The third-order valence-electron chi connectivity index (χ3n) is 3.89. The van der Waals surface area contributed by atoms with Crippen LogP contribution in [-0.4, -0.2) is 35.1 Å². The van der Waals surface area contributed by atoms with Crippen molar-refractivity contribution in [2.75, 3.05) is 13.1 Å². The zero-order valence-corrected chi connectivity index (χ0v) is 11.4. The van der Waals surface area contributed by atoms with E-state index in [1.807, 2.05) is 0 Å². The van der Waals surface area contributed by atoms with Crippen LogP contribution in [0.5, 0.6) is 0 Å². The molecule has 1 aromatic heterocycles. The zero-order valence-electron chi connectivity index (χ0n) is 9.86. The molecule has 2 atom stereocenters. The average molecular weight is 272 g/mol. The standard InChI is InChI=1S/C12H18ClN3S/c13-11-7-15-12(17-11)8-14-9-3-5-16-4-1-2-10(16)6-9/h7,9-10,14H,1-6,8H2. The summed E-state index contributed by atoms with van der Waals surface area (Å²) in [6.45, 7) is 3.45. The predicted octanol–water partition coefficient (Wildman–Crippen LogP) is 2.51. The van der Waals surface area contributed by atoms with Crippen LogP contribution in [-0.2, 0) is 6.54 Å². The molecule has 0 saturated carbocycles. The number of thiazole rings is 1. The maximum atomic E-state index is 5.88. The predicted molar refractivity (Wildman–Crippen MR) is 71.6 cm³/mol. The maximum Gasteiger partial charge on any atom is 0.113 e. The SMILES string of the molecule is Clc1cnc(CNC2CCN3CCCC3C2)s1. The van der Waals surface area contributed by atoms with Gasteiger partial charge in [0.05, 0.1) is 6.20 Å². The van der Waals surface area contributed by atoms with E-state index in [4.69, 9.17) is 11.6 Å². The highest BCUT2D eigenvalue weighted by molar-refractivity contribution is 7.15. The first-order chi connectivity index (χ1) is 8.31. The largest absolute Gasteiger partial charge is 0.308 e. The van der Waals surface area contributed by atoms with Crippen molar-refractivity contribution >= 4 is 22.9 Å². The number of fused-ring (bicyclic) bond motifs is 1. The van der Waals surface area contributed by atoms with Gasteiger partial charge in [-0.25, -0.2) is 4.98 Å². The van der Waals surface area contributed by atoms with Crippen LogP contribution >= 0.6 is 22.9 Å². The molecular weight excluding hydrogens is 254 g/mol. The minimum Gasteiger partial charge on any atom is -0.308 e. The van der Waals surface area contributed by atoms with Gasteiger partial charge in [0.25, 0.3) is 0 Å². The maximum absolute atomic E-state index is 5.88. The first-order valence-electron chi connectivity index (χ1n) is 6.39. The van der Waals surface area contributed by atoms with Gasteiger partial charge in [-0.1, -0.05) is 11.6 Å². The van der Waals surface area contributed by atoms with Gasteiger partial charge in [0, 0.05) is 18.6 Å². The Kier molecular flexibility index (Phi) is 3.66. The molecule has 1 N–H and O–H groups in total. The second kappa shape index (κ2) is 5.22. The average Bonchev–Trinajstić information content (AvgIpc) is 2.94. The summed E-state index contributed by atoms with van der Waals surface area (Å²) in [5, 5.41) is 4.73. The molecule has 0 aliphatic carbocycles. The molecule has 0 radical (unpaired) electrons. The van der Waals surface area contributed by atoms with Gasteiger partial charge >= 0.3 is 0 Å². The summed E-state index contributed by atoms with van der Waals surface area (Å²) in [5.41, 5.74) is 0. The van der Waals surface area contributed by atoms with Crippen molar-refractivity contribution < 1.29 is 0 Å². The van der Waals surface area contributed by atoms with Gasteiger partial charge in [0.1, 0.15) is 9.34 Å². The second-order valence-electron chi connectivity index (χ2n) is 4.99. The molecule has 3 heterocycles. The van der Waals surface area contributed by atoms with Crippen LogP contribution < -0.4 is 5.32 Å². The molecule has 94 valence electrons. The van der Waals surface area contributed by atoms with Gasteiger partial charge in [-0.05, 0) is 38.8 Å². The molecule has 1 aromatic rings. The Morgan fingerprint density at radius 3 is 3.24 bits per heavy atom. The number of hydrogen-bond acceptors (Lipinski definition) is 4. The number of rotatable bonds is 3. The Hall–Kier alpha value is -0.160. The summed E-state index contributed by atoms with van der Waals surface area (Å²) in [6, 6.07) is 1.50.